The predicted molar refractivity (Wildman–Crippen MR) is 99.2 cm³/mol. The fourth-order valence-electron chi connectivity index (χ4n) is 0. The summed E-state index contributed by atoms with van der Waals surface area (Å²) in [7, 11) is 0. The van der Waals surface area contributed by atoms with Crippen LogP contribution in [0.25, 0.3) is 0 Å². The van der Waals surface area contributed by atoms with E-state index in [2.05, 4.69) is 51.3 Å². The van der Waals surface area contributed by atoms with Gasteiger partial charge >= 0.3 is 0 Å². The van der Waals surface area contributed by atoms with Crippen molar-refractivity contribution < 1.29 is 29.4 Å². The van der Waals surface area contributed by atoms with E-state index in [1.165, 1.54) is 25.7 Å². The van der Waals surface area contributed by atoms with E-state index in [-0.39, 0.29) is 54.0 Å². The third-order valence-corrected chi connectivity index (χ3v) is 1.000. The molecule has 0 N–H and O–H groups in total. The van der Waals surface area contributed by atoms with Gasteiger partial charge in [0, 0.05) is 0 Å². The van der Waals surface area contributed by atoms with Gasteiger partial charge in [-0.1, -0.05) is 53.4 Å². The molecular formula is C8H20O6P2S6-14. The van der Waals surface area contributed by atoms with Crippen molar-refractivity contribution in [1.29, 1.82) is 0 Å². The van der Waals surface area contributed by atoms with E-state index in [0.29, 0.717) is 0 Å². The van der Waals surface area contributed by atoms with E-state index in [1.54, 1.807) is 0 Å². The molecule has 148 valence electrons. The molecule has 0 atom stereocenters. The van der Waals surface area contributed by atoms with Crippen LogP contribution in [0.4, 0.5) is 0 Å². The van der Waals surface area contributed by atoms with E-state index in [0.717, 1.165) is 0 Å². The molecule has 0 saturated carbocycles. The van der Waals surface area contributed by atoms with Crippen molar-refractivity contribution >= 4 is 91.0 Å². The smallest absolute Gasteiger partial charge is 0.0564 e. The quantitative estimate of drug-likeness (QED) is 0.434. The predicted octanol–water partition coefficient (Wildman–Crippen LogP) is -1.81. The molecule has 0 aliphatic carbocycles. The van der Waals surface area contributed by atoms with Crippen molar-refractivity contribution in [2.45, 2.75) is 53.4 Å². The van der Waals surface area contributed by atoms with Crippen LogP contribution in [0.2, 0.25) is 0 Å². The van der Waals surface area contributed by atoms with Crippen LogP contribution in [0.15, 0.2) is 0 Å². The molecule has 6 nitrogen and oxygen atoms in total. The highest BCUT2D eigenvalue weighted by molar-refractivity contribution is 8.04. The summed E-state index contributed by atoms with van der Waals surface area (Å²) in [5, 5.41) is 0. The van der Waals surface area contributed by atoms with Crippen LogP contribution in [-0.2, 0) is 77.6 Å². The van der Waals surface area contributed by atoms with Gasteiger partial charge in [0.15, 0.2) is 0 Å². The number of unbranched alkanes of at least 4 members (excludes halogenated alkanes) is 2. The van der Waals surface area contributed by atoms with Crippen LogP contribution in [0, 0.1) is 0 Å². The lowest BCUT2D eigenvalue weighted by Crippen LogP contribution is -2.23. The number of rotatable bonds is 2. The summed E-state index contributed by atoms with van der Waals surface area (Å²) in [5.74, 6) is 0. The number of hydrogen-bond donors (Lipinski definition) is 0. The van der Waals surface area contributed by atoms with Crippen molar-refractivity contribution in [1.82, 2.24) is 0 Å². The van der Waals surface area contributed by atoms with Crippen LogP contribution < -0.4 is 29.4 Å². The van der Waals surface area contributed by atoms with Crippen molar-refractivity contribution in [3.05, 3.63) is 0 Å². The molecule has 0 saturated heterocycles. The molecular weight excluding hydrogens is 446 g/mol. The Balaban J connectivity index is -0.0000000188. The Labute approximate surface area is 173 Å². The Morgan fingerprint density at radius 3 is 0.545 bits per heavy atom. The molecule has 0 fully saturated rings. The largest absolute Gasteiger partial charge is 2.00 e. The summed E-state index contributed by atoms with van der Waals surface area (Å²) in [6, 6.07) is 0. The molecule has 0 aliphatic heterocycles. The third-order valence-electron chi connectivity index (χ3n) is 1.000. The molecule has 14 heteroatoms. The first-order valence-electron chi connectivity index (χ1n) is 5.29. The molecule has 0 heterocycles. The van der Waals surface area contributed by atoms with Gasteiger partial charge < -0.3 is 96.8 Å². The third kappa shape index (κ3) is 520. The zero-order valence-electron chi connectivity index (χ0n) is 12.6. The average molecular weight is 467 g/mol. The van der Waals surface area contributed by atoms with Crippen molar-refractivity contribution in [3.63, 3.8) is 0 Å². The second-order valence-corrected chi connectivity index (χ2v) is 7.37. The molecule has 0 radical (unpaired) electrons. The maximum Gasteiger partial charge on any atom is -0.0564 e. The monoisotopic (exact) mass is 466 g/mol. The van der Waals surface area contributed by atoms with Crippen molar-refractivity contribution in [2.24, 2.45) is 0 Å². The zero-order chi connectivity index (χ0) is 15.8. The van der Waals surface area contributed by atoms with Crippen LogP contribution in [0.1, 0.15) is 53.4 Å². The average Bonchev–Trinajstić information content (AvgIpc) is 2.12. The summed E-state index contributed by atoms with van der Waals surface area (Å²) in [6.45, 7) is -0.389. The zero-order valence-corrected chi connectivity index (χ0v) is 19.3. The maximum atomic E-state index is 8.92. The summed E-state index contributed by atoms with van der Waals surface area (Å²) in [4.78, 5) is 53.5. The first-order chi connectivity index (χ1) is 7.83. The van der Waals surface area contributed by atoms with Crippen molar-refractivity contribution in [2.75, 3.05) is 0 Å². The first-order valence-corrected chi connectivity index (χ1v) is 10.4. The van der Waals surface area contributed by atoms with E-state index in [4.69, 9.17) is 29.4 Å². The standard InChI is InChI=1S/2C4H10.2H3O3PS.4S/c2*1-3-4-2;2*1-4(2,3)5;;;;/h2*3-4H2,1-2H3;2*(H3,1,2,3,5);;;;/q;;;;4*-2/p-6. The van der Waals surface area contributed by atoms with E-state index in [9.17, 15) is 0 Å². The van der Waals surface area contributed by atoms with Gasteiger partial charge in [-0.3, -0.25) is 0 Å². The molecule has 0 aromatic heterocycles. The molecule has 0 bridgehead atoms. The molecule has 22 heavy (non-hydrogen) atoms. The van der Waals surface area contributed by atoms with Crippen LogP contribution in [0.5, 0.6) is 0 Å². The Bertz CT molecular complexity index is 193. The molecule has 0 amide bonds. The Kier molecular flexibility index (Phi) is 78.4. The molecule has 0 unspecified atom stereocenters. The summed E-state index contributed by atoms with van der Waals surface area (Å²) >= 11 is 6.54. The normalized spacial score (nSPS) is 8.09. The van der Waals surface area contributed by atoms with Gasteiger partial charge in [-0.25, -0.2) is 0 Å². The fourth-order valence-corrected chi connectivity index (χ4v) is 0. The molecule has 0 aromatic carbocycles. The lowest BCUT2D eigenvalue weighted by molar-refractivity contribution is -0.413. The highest BCUT2D eigenvalue weighted by atomic mass is 32.5. The minimum Gasteiger partial charge on any atom is -2.00 e. The lowest BCUT2D eigenvalue weighted by atomic mass is 10.4. The highest BCUT2D eigenvalue weighted by Crippen LogP contribution is 2.04. The minimum absolute atomic E-state index is 0. The highest BCUT2D eigenvalue weighted by Gasteiger charge is 1.56. The summed E-state index contributed by atoms with van der Waals surface area (Å²) in [5.41, 5.74) is 0. The van der Waals surface area contributed by atoms with E-state index in [1.807, 2.05) is 0 Å². The Morgan fingerprint density at radius 1 is 0.500 bits per heavy atom. The second-order valence-electron chi connectivity index (χ2n) is 2.89. The maximum absolute atomic E-state index is 8.92. The lowest BCUT2D eigenvalue weighted by Gasteiger charge is -2.43. The van der Waals surface area contributed by atoms with Crippen LogP contribution in [-0.4, -0.2) is 0 Å². The van der Waals surface area contributed by atoms with Gasteiger partial charge in [0.1, 0.15) is 0 Å². The Hall–Kier alpha value is 2.46. The van der Waals surface area contributed by atoms with Gasteiger partial charge in [-0.15, -0.1) is 0 Å². The SMILES string of the molecule is CCCC.CCCC.[O-]P([O-])([O-])=S.[O-]P([O-])([O-])=S.[S-2].[S-2].[S-2].[S-2]. The fraction of sp³-hybridized carbons (Fsp3) is 1.00. The second kappa shape index (κ2) is 34.7. The molecule has 0 rings (SSSR count). The van der Waals surface area contributed by atoms with Crippen LogP contribution >= 0.6 is 13.4 Å². The minimum atomic E-state index is -4.56. The number of hydrogen-bond acceptors (Lipinski definition) is 8. The molecule has 0 aromatic rings. The Morgan fingerprint density at radius 2 is 0.545 bits per heavy atom. The molecule has 0 spiro atoms. The van der Waals surface area contributed by atoms with Gasteiger partial charge in [0.25, 0.3) is 0 Å². The van der Waals surface area contributed by atoms with E-state index >= 15 is 0 Å². The summed E-state index contributed by atoms with van der Waals surface area (Å²) < 4.78 is 0. The van der Waals surface area contributed by atoms with Gasteiger partial charge in [-0.2, -0.15) is 23.6 Å². The van der Waals surface area contributed by atoms with Crippen LogP contribution in [0.3, 0.4) is 0 Å². The summed E-state index contributed by atoms with van der Waals surface area (Å²) in [6.07, 6.45) is 5.28. The van der Waals surface area contributed by atoms with Crippen molar-refractivity contribution in [3.8, 4) is 0 Å². The molecule has 0 aliphatic rings. The van der Waals surface area contributed by atoms with Gasteiger partial charge in [0.05, 0.1) is 0 Å². The topological polar surface area (TPSA) is 138 Å². The van der Waals surface area contributed by atoms with Gasteiger partial charge in [0.2, 0.25) is 0 Å². The van der Waals surface area contributed by atoms with Gasteiger partial charge in [-0.05, 0) is 0 Å². The first kappa shape index (κ1) is 49.7. The van der Waals surface area contributed by atoms with E-state index < -0.39 is 13.4 Å².